The molecule has 2 rings (SSSR count). The third kappa shape index (κ3) is 4.15. The minimum absolute atomic E-state index is 0.0776. The number of rotatable bonds is 5. The predicted molar refractivity (Wildman–Crippen MR) is 79.2 cm³/mol. The summed E-state index contributed by atoms with van der Waals surface area (Å²) in [6.07, 6.45) is 3.06. The molecule has 1 N–H and O–H groups in total. The quantitative estimate of drug-likeness (QED) is 0.783. The molecule has 0 aliphatic carbocycles. The van der Waals surface area contributed by atoms with E-state index in [2.05, 4.69) is 0 Å². The van der Waals surface area contributed by atoms with Crippen LogP contribution in [0.4, 0.5) is 0 Å². The Bertz CT molecular complexity index is 460. The molecule has 0 aromatic rings. The van der Waals surface area contributed by atoms with Gasteiger partial charge in [0.2, 0.25) is 0 Å². The van der Waals surface area contributed by atoms with Crippen molar-refractivity contribution in [2.45, 2.75) is 38.6 Å². The number of carbonyl (C=O) groups is 1. The van der Waals surface area contributed by atoms with E-state index in [0.29, 0.717) is 39.3 Å². The van der Waals surface area contributed by atoms with Crippen LogP contribution in [0.5, 0.6) is 0 Å². The Labute approximate surface area is 126 Å². The Morgan fingerprint density at radius 1 is 1.14 bits per heavy atom. The summed E-state index contributed by atoms with van der Waals surface area (Å²) in [5.74, 6) is -0.813. The average molecular weight is 319 g/mol. The van der Waals surface area contributed by atoms with Crippen LogP contribution in [0.25, 0.3) is 0 Å². The Morgan fingerprint density at radius 2 is 1.81 bits per heavy atom. The van der Waals surface area contributed by atoms with E-state index in [1.165, 1.54) is 0 Å². The van der Waals surface area contributed by atoms with Crippen LogP contribution in [0.1, 0.15) is 32.6 Å². The van der Waals surface area contributed by atoms with Crippen molar-refractivity contribution in [2.75, 3.05) is 39.3 Å². The van der Waals surface area contributed by atoms with E-state index >= 15 is 0 Å². The lowest BCUT2D eigenvalue weighted by Gasteiger charge is -2.39. The first-order valence-electron chi connectivity index (χ1n) is 7.62. The predicted octanol–water partition coefficient (Wildman–Crippen LogP) is 0.198. The number of aliphatic carboxylic acids is 1. The summed E-state index contributed by atoms with van der Waals surface area (Å²) in [4.78, 5) is 12.6. The molecule has 7 nitrogen and oxygen atoms in total. The molecule has 122 valence electrons. The Hall–Kier alpha value is -0.700. The second-order valence-corrected chi connectivity index (χ2v) is 7.73. The zero-order valence-corrected chi connectivity index (χ0v) is 13.4. The number of hydrogen-bond donors (Lipinski definition) is 1. The monoisotopic (exact) mass is 319 g/mol. The molecule has 2 heterocycles. The molecule has 8 heteroatoms. The van der Waals surface area contributed by atoms with Gasteiger partial charge in [-0.25, -0.2) is 0 Å². The normalized spacial score (nSPS) is 26.8. The van der Waals surface area contributed by atoms with E-state index in [4.69, 9.17) is 5.11 Å². The minimum Gasteiger partial charge on any atom is -0.481 e. The van der Waals surface area contributed by atoms with Gasteiger partial charge < -0.3 is 10.0 Å². The first-order valence-corrected chi connectivity index (χ1v) is 9.02. The van der Waals surface area contributed by atoms with Gasteiger partial charge in [-0.2, -0.15) is 17.0 Å². The molecule has 0 saturated carbocycles. The maximum Gasteiger partial charge on any atom is 0.304 e. The Kier molecular flexibility index (Phi) is 5.59. The highest BCUT2D eigenvalue weighted by molar-refractivity contribution is 7.86. The van der Waals surface area contributed by atoms with Crippen LogP contribution in [0.3, 0.4) is 0 Å². The minimum atomic E-state index is -3.37. The van der Waals surface area contributed by atoms with Crippen LogP contribution in [0, 0.1) is 0 Å². The zero-order valence-electron chi connectivity index (χ0n) is 12.6. The maximum absolute atomic E-state index is 12.7. The zero-order chi connectivity index (χ0) is 15.5. The molecule has 1 atom stereocenters. The van der Waals surface area contributed by atoms with Gasteiger partial charge in [-0.1, -0.05) is 6.42 Å². The van der Waals surface area contributed by atoms with Crippen molar-refractivity contribution in [3.05, 3.63) is 0 Å². The first kappa shape index (κ1) is 16.7. The molecule has 0 aromatic heterocycles. The molecular weight excluding hydrogens is 294 g/mol. The van der Waals surface area contributed by atoms with E-state index in [-0.39, 0.29) is 12.5 Å². The van der Waals surface area contributed by atoms with Crippen LogP contribution in [0.2, 0.25) is 0 Å². The van der Waals surface area contributed by atoms with Crippen LogP contribution in [-0.4, -0.2) is 78.3 Å². The number of carboxylic acids is 1. The number of nitrogens with zero attached hydrogens (tertiary/aromatic N) is 3. The van der Waals surface area contributed by atoms with E-state index in [9.17, 15) is 13.2 Å². The van der Waals surface area contributed by atoms with E-state index in [0.717, 1.165) is 19.3 Å². The fraction of sp³-hybridized carbons (Fsp3) is 0.923. The van der Waals surface area contributed by atoms with Crippen molar-refractivity contribution in [2.24, 2.45) is 0 Å². The molecule has 0 spiro atoms. The molecule has 0 bridgehead atoms. The van der Waals surface area contributed by atoms with Crippen LogP contribution in [-0.2, 0) is 15.0 Å². The van der Waals surface area contributed by atoms with E-state index in [1.54, 1.807) is 8.61 Å². The van der Waals surface area contributed by atoms with Gasteiger partial charge in [-0.05, 0) is 19.8 Å². The summed E-state index contributed by atoms with van der Waals surface area (Å²) in [5, 5.41) is 8.69. The summed E-state index contributed by atoms with van der Waals surface area (Å²) in [6, 6.07) is 0.0776. The topological polar surface area (TPSA) is 81.2 Å². The summed E-state index contributed by atoms with van der Waals surface area (Å²) in [5.41, 5.74) is 0. The van der Waals surface area contributed by atoms with Crippen molar-refractivity contribution in [1.29, 1.82) is 0 Å². The highest BCUT2D eigenvalue weighted by Gasteiger charge is 2.35. The standard InChI is InChI=1S/C13H25N3O4S/c1-12-4-2-3-6-16(12)21(19,20)15-10-8-14(9-11-15)7-5-13(17)18/h12H,2-11H2,1H3,(H,17,18). The molecule has 1 unspecified atom stereocenters. The highest BCUT2D eigenvalue weighted by Crippen LogP contribution is 2.23. The van der Waals surface area contributed by atoms with Crippen LogP contribution >= 0.6 is 0 Å². The lowest BCUT2D eigenvalue weighted by Crippen LogP contribution is -2.55. The summed E-state index contributed by atoms with van der Waals surface area (Å²) < 4.78 is 28.5. The fourth-order valence-corrected chi connectivity index (χ4v) is 4.84. The van der Waals surface area contributed by atoms with Gasteiger partial charge in [0, 0.05) is 45.3 Å². The van der Waals surface area contributed by atoms with Crippen LogP contribution < -0.4 is 0 Å². The molecule has 2 aliphatic rings. The Morgan fingerprint density at radius 3 is 2.38 bits per heavy atom. The van der Waals surface area contributed by atoms with Gasteiger partial charge in [0.25, 0.3) is 10.2 Å². The third-order valence-corrected chi connectivity index (χ3v) is 6.49. The molecule has 0 aromatic carbocycles. The van der Waals surface area contributed by atoms with Gasteiger partial charge in [0.1, 0.15) is 0 Å². The lowest BCUT2D eigenvalue weighted by atomic mass is 10.1. The molecule has 21 heavy (non-hydrogen) atoms. The average Bonchev–Trinajstić information content (AvgIpc) is 2.46. The smallest absolute Gasteiger partial charge is 0.304 e. The number of carboxylic acid groups (broad SMARTS) is 1. The first-order chi connectivity index (χ1) is 9.91. The van der Waals surface area contributed by atoms with E-state index < -0.39 is 16.2 Å². The molecule has 0 radical (unpaired) electrons. The van der Waals surface area contributed by atoms with Crippen molar-refractivity contribution >= 4 is 16.2 Å². The SMILES string of the molecule is CC1CCCCN1S(=O)(=O)N1CCN(CCC(=O)O)CC1. The summed E-state index contributed by atoms with van der Waals surface area (Å²) in [6.45, 7) is 5.19. The number of piperidine rings is 1. The van der Waals surface area contributed by atoms with Gasteiger partial charge in [0.15, 0.2) is 0 Å². The van der Waals surface area contributed by atoms with Crippen molar-refractivity contribution < 1.29 is 18.3 Å². The number of hydrogen-bond acceptors (Lipinski definition) is 4. The molecule has 2 fully saturated rings. The van der Waals surface area contributed by atoms with Crippen LogP contribution in [0.15, 0.2) is 0 Å². The van der Waals surface area contributed by atoms with Gasteiger partial charge in [0.05, 0.1) is 6.42 Å². The fourth-order valence-electron chi connectivity index (χ4n) is 3.00. The molecule has 0 amide bonds. The summed E-state index contributed by atoms with van der Waals surface area (Å²) in [7, 11) is -3.37. The maximum atomic E-state index is 12.7. The molecule has 2 aliphatic heterocycles. The largest absolute Gasteiger partial charge is 0.481 e. The van der Waals surface area contributed by atoms with Gasteiger partial charge in [-0.3, -0.25) is 4.79 Å². The number of piperazine rings is 1. The highest BCUT2D eigenvalue weighted by atomic mass is 32.2. The second kappa shape index (κ2) is 7.04. The third-order valence-electron chi connectivity index (χ3n) is 4.34. The van der Waals surface area contributed by atoms with Crippen molar-refractivity contribution in [3.8, 4) is 0 Å². The van der Waals surface area contributed by atoms with Gasteiger partial charge in [-0.15, -0.1) is 0 Å². The van der Waals surface area contributed by atoms with Gasteiger partial charge >= 0.3 is 5.97 Å². The second-order valence-electron chi connectivity index (χ2n) is 5.85. The summed E-state index contributed by atoms with van der Waals surface area (Å²) >= 11 is 0. The lowest BCUT2D eigenvalue weighted by molar-refractivity contribution is -0.137. The molecule has 2 saturated heterocycles. The van der Waals surface area contributed by atoms with Crippen molar-refractivity contribution in [1.82, 2.24) is 13.5 Å². The van der Waals surface area contributed by atoms with Crippen molar-refractivity contribution in [3.63, 3.8) is 0 Å². The van der Waals surface area contributed by atoms with E-state index in [1.807, 2.05) is 11.8 Å². The molecular formula is C13H25N3O4S. The Balaban J connectivity index is 1.89.